The maximum absolute atomic E-state index is 6.35. The molecule has 0 aromatic carbocycles. The molecule has 3 saturated carbocycles. The van der Waals surface area contributed by atoms with Crippen molar-refractivity contribution in [1.82, 2.24) is 0 Å². The van der Waals surface area contributed by atoms with Crippen LogP contribution < -0.4 is 5.73 Å². The highest BCUT2D eigenvalue weighted by Crippen LogP contribution is 2.67. The van der Waals surface area contributed by atoms with Crippen molar-refractivity contribution in [1.29, 1.82) is 0 Å². The molecule has 0 aliphatic heterocycles. The first-order valence-corrected chi connectivity index (χ1v) is 13.2. The van der Waals surface area contributed by atoms with E-state index in [1.165, 1.54) is 77.0 Å². The monoisotopic (exact) mass is 399 g/mol. The lowest BCUT2D eigenvalue weighted by Gasteiger charge is -2.58. The first kappa shape index (κ1) is 21.9. The summed E-state index contributed by atoms with van der Waals surface area (Å²) < 4.78 is 0. The average molecular weight is 400 g/mol. The quantitative estimate of drug-likeness (QED) is 0.454. The van der Waals surface area contributed by atoms with Crippen LogP contribution in [-0.2, 0) is 0 Å². The van der Waals surface area contributed by atoms with Crippen molar-refractivity contribution < 1.29 is 0 Å². The number of rotatable bonds is 6. The molecule has 3 fully saturated rings. The molecule has 4 rings (SSSR count). The number of hydrogen-bond acceptors (Lipinski definition) is 1. The minimum atomic E-state index is 0.423. The van der Waals surface area contributed by atoms with Gasteiger partial charge in [-0.15, -0.1) is 0 Å². The highest BCUT2D eigenvalue weighted by molar-refractivity contribution is 5.25. The second-order valence-electron chi connectivity index (χ2n) is 12.4. The second-order valence-corrected chi connectivity index (χ2v) is 12.4. The van der Waals surface area contributed by atoms with Crippen molar-refractivity contribution in [2.75, 3.05) is 0 Å². The van der Waals surface area contributed by atoms with Gasteiger partial charge in [0.25, 0.3) is 0 Å². The maximum atomic E-state index is 6.35. The van der Waals surface area contributed by atoms with E-state index < -0.39 is 0 Å². The molecule has 0 aromatic heterocycles. The fourth-order valence-electron chi connectivity index (χ4n) is 8.86. The first-order valence-electron chi connectivity index (χ1n) is 13.2. The minimum absolute atomic E-state index is 0.423. The molecule has 2 N–H and O–H groups in total. The first-order chi connectivity index (χ1) is 13.8. The average Bonchev–Trinajstić information content (AvgIpc) is 3.05. The van der Waals surface area contributed by atoms with Crippen LogP contribution in [-0.4, -0.2) is 6.04 Å². The SMILES string of the molecule is CCC(C)CCC[C@@H](C)C1CCC2C3CC=C4C[C@H](N)CCC4(C)C3CCC21C. The van der Waals surface area contributed by atoms with Gasteiger partial charge >= 0.3 is 0 Å². The molecule has 7 unspecified atom stereocenters. The Morgan fingerprint density at radius 2 is 1.83 bits per heavy atom. The van der Waals surface area contributed by atoms with Crippen molar-refractivity contribution in [3.05, 3.63) is 11.6 Å². The van der Waals surface area contributed by atoms with Crippen LogP contribution in [0.3, 0.4) is 0 Å². The Morgan fingerprint density at radius 3 is 2.59 bits per heavy atom. The van der Waals surface area contributed by atoms with Crippen molar-refractivity contribution in [2.24, 2.45) is 52.1 Å². The van der Waals surface area contributed by atoms with E-state index in [9.17, 15) is 0 Å². The Hall–Kier alpha value is -0.300. The normalized spacial score (nSPS) is 46.3. The van der Waals surface area contributed by atoms with Gasteiger partial charge in [-0.1, -0.05) is 72.0 Å². The zero-order valence-electron chi connectivity index (χ0n) is 20.2. The molecule has 9 atom stereocenters. The van der Waals surface area contributed by atoms with Gasteiger partial charge in [-0.3, -0.25) is 0 Å². The fraction of sp³-hybridized carbons (Fsp3) is 0.929. The molecule has 0 amide bonds. The summed E-state index contributed by atoms with van der Waals surface area (Å²) in [5, 5.41) is 0. The van der Waals surface area contributed by atoms with Gasteiger partial charge < -0.3 is 5.73 Å². The summed E-state index contributed by atoms with van der Waals surface area (Å²) in [7, 11) is 0. The lowest BCUT2D eigenvalue weighted by Crippen LogP contribution is -2.51. The molecule has 0 bridgehead atoms. The van der Waals surface area contributed by atoms with Gasteiger partial charge in [0.05, 0.1) is 0 Å². The van der Waals surface area contributed by atoms with Crippen LogP contribution in [0, 0.1) is 46.3 Å². The third-order valence-corrected chi connectivity index (χ3v) is 11.0. The topological polar surface area (TPSA) is 26.0 Å². The number of nitrogens with two attached hydrogens (primary N) is 1. The summed E-state index contributed by atoms with van der Waals surface area (Å²) in [6.45, 7) is 12.7. The largest absolute Gasteiger partial charge is 0.327 e. The molecule has 29 heavy (non-hydrogen) atoms. The maximum Gasteiger partial charge on any atom is 0.00766 e. The van der Waals surface area contributed by atoms with Crippen molar-refractivity contribution in [3.63, 3.8) is 0 Å². The summed E-state index contributed by atoms with van der Waals surface area (Å²) in [4.78, 5) is 0. The molecule has 0 saturated heterocycles. The second kappa shape index (κ2) is 8.33. The minimum Gasteiger partial charge on any atom is -0.327 e. The van der Waals surface area contributed by atoms with Crippen LogP contribution >= 0.6 is 0 Å². The van der Waals surface area contributed by atoms with E-state index in [1.807, 2.05) is 0 Å². The summed E-state index contributed by atoms with van der Waals surface area (Å²) in [6.07, 6.45) is 19.5. The van der Waals surface area contributed by atoms with Gasteiger partial charge in [-0.05, 0) is 97.7 Å². The number of hydrogen-bond donors (Lipinski definition) is 1. The van der Waals surface area contributed by atoms with Crippen LogP contribution in [0.4, 0.5) is 0 Å². The van der Waals surface area contributed by atoms with E-state index >= 15 is 0 Å². The van der Waals surface area contributed by atoms with Gasteiger partial charge in [0.2, 0.25) is 0 Å². The predicted octanol–water partition coefficient (Wildman–Crippen LogP) is 7.75. The molecule has 0 heterocycles. The highest BCUT2D eigenvalue weighted by atomic mass is 14.7. The van der Waals surface area contributed by atoms with Crippen molar-refractivity contribution in [2.45, 2.75) is 118 Å². The molecule has 1 nitrogen and oxygen atoms in total. The summed E-state index contributed by atoms with van der Waals surface area (Å²) in [6, 6.07) is 0.423. The Kier molecular flexibility index (Phi) is 6.29. The van der Waals surface area contributed by atoms with Gasteiger partial charge in [-0.25, -0.2) is 0 Å². The van der Waals surface area contributed by atoms with Crippen LogP contribution in [0.25, 0.3) is 0 Å². The smallest absolute Gasteiger partial charge is 0.00766 e. The van der Waals surface area contributed by atoms with E-state index in [1.54, 1.807) is 5.57 Å². The third kappa shape index (κ3) is 3.77. The zero-order valence-corrected chi connectivity index (χ0v) is 20.2. The fourth-order valence-corrected chi connectivity index (χ4v) is 8.86. The van der Waals surface area contributed by atoms with Gasteiger partial charge in [-0.2, -0.15) is 0 Å². The standard InChI is InChI=1S/C28H49N/c1-6-19(2)8-7-9-20(3)24-12-13-25-23-11-10-21-18-22(29)14-16-27(21,4)26(23)15-17-28(24,25)5/h10,19-20,22-26H,6-9,11-18,29H2,1-5H3/t19?,20-,22-,23?,24?,25?,26?,27?,28?/m1/s1. The lowest BCUT2D eigenvalue weighted by molar-refractivity contribution is -0.0508. The van der Waals surface area contributed by atoms with Gasteiger partial charge in [0.1, 0.15) is 0 Å². The summed E-state index contributed by atoms with van der Waals surface area (Å²) in [5.74, 6) is 5.68. The molecule has 4 aliphatic carbocycles. The highest BCUT2D eigenvalue weighted by Gasteiger charge is 2.58. The third-order valence-electron chi connectivity index (χ3n) is 11.0. The van der Waals surface area contributed by atoms with Crippen LogP contribution in [0.15, 0.2) is 11.6 Å². The van der Waals surface area contributed by atoms with Gasteiger partial charge in [0, 0.05) is 6.04 Å². The number of fused-ring (bicyclic) bond motifs is 5. The van der Waals surface area contributed by atoms with E-state index in [0.717, 1.165) is 35.5 Å². The van der Waals surface area contributed by atoms with E-state index in [-0.39, 0.29) is 0 Å². The summed E-state index contributed by atoms with van der Waals surface area (Å²) >= 11 is 0. The molecule has 0 radical (unpaired) electrons. The Morgan fingerprint density at radius 1 is 1.03 bits per heavy atom. The molecular weight excluding hydrogens is 350 g/mol. The van der Waals surface area contributed by atoms with E-state index in [2.05, 4.69) is 40.7 Å². The zero-order chi connectivity index (χ0) is 20.8. The molecule has 1 heteroatoms. The predicted molar refractivity (Wildman–Crippen MR) is 126 cm³/mol. The van der Waals surface area contributed by atoms with E-state index in [4.69, 9.17) is 5.73 Å². The summed E-state index contributed by atoms with van der Waals surface area (Å²) in [5.41, 5.74) is 9.18. The molecule has 4 aliphatic rings. The Bertz CT molecular complexity index is 607. The van der Waals surface area contributed by atoms with Crippen LogP contribution in [0.1, 0.15) is 112 Å². The molecule has 0 aromatic rings. The number of allylic oxidation sites excluding steroid dienone is 1. The Balaban J connectivity index is 1.46. The van der Waals surface area contributed by atoms with Crippen LogP contribution in [0.2, 0.25) is 0 Å². The van der Waals surface area contributed by atoms with Crippen molar-refractivity contribution >= 4 is 0 Å². The molecular formula is C28H49N. The van der Waals surface area contributed by atoms with Crippen LogP contribution in [0.5, 0.6) is 0 Å². The molecule has 166 valence electrons. The Labute approximate surface area is 181 Å². The van der Waals surface area contributed by atoms with Crippen molar-refractivity contribution in [3.8, 4) is 0 Å². The lowest BCUT2D eigenvalue weighted by atomic mass is 9.47. The van der Waals surface area contributed by atoms with Gasteiger partial charge in [0.15, 0.2) is 0 Å². The molecule has 0 spiro atoms. The van der Waals surface area contributed by atoms with E-state index in [0.29, 0.717) is 16.9 Å².